The van der Waals surface area contributed by atoms with Gasteiger partial charge in [-0.2, -0.15) is 0 Å². The minimum absolute atomic E-state index is 0.0242. The Balaban J connectivity index is 1.92. The summed E-state index contributed by atoms with van der Waals surface area (Å²) in [4.78, 5) is 7.78. The van der Waals surface area contributed by atoms with Crippen LogP contribution in [0.3, 0.4) is 0 Å². The monoisotopic (exact) mass is 368 g/mol. The molecule has 1 aromatic rings. The zero-order chi connectivity index (χ0) is 13.7. The molecule has 0 atom stereocenters. The van der Waals surface area contributed by atoms with Gasteiger partial charge in [0.05, 0.1) is 0 Å². The van der Waals surface area contributed by atoms with Crippen molar-refractivity contribution in [3.63, 3.8) is 0 Å². The van der Waals surface area contributed by atoms with Gasteiger partial charge in [0.1, 0.15) is 0 Å². The topological polar surface area (TPSA) is 0 Å². The molecule has 2 bridgehead atoms. The fraction of sp³-hybridized carbons (Fsp3) is 0.647. The SMILES string of the molecule is [CH3][Sn]([CH3])([CH3])[C]12CCC(c3ccccc3F)(CC1)CC2. The second-order valence-electron chi connectivity index (χ2n) is 7.79. The van der Waals surface area contributed by atoms with E-state index in [1.165, 1.54) is 38.5 Å². The zero-order valence-electron chi connectivity index (χ0n) is 12.4. The van der Waals surface area contributed by atoms with Crippen LogP contribution in [0.4, 0.5) is 4.39 Å². The van der Waals surface area contributed by atoms with E-state index in [0.29, 0.717) is 3.43 Å². The van der Waals surface area contributed by atoms with Crippen molar-refractivity contribution in [3.05, 3.63) is 35.6 Å². The van der Waals surface area contributed by atoms with Gasteiger partial charge in [0.25, 0.3) is 0 Å². The Morgan fingerprint density at radius 3 is 1.89 bits per heavy atom. The van der Waals surface area contributed by atoms with Crippen molar-refractivity contribution in [1.29, 1.82) is 0 Å². The molecular weight excluding hydrogens is 342 g/mol. The molecule has 3 saturated carbocycles. The summed E-state index contributed by atoms with van der Waals surface area (Å²) in [5.41, 5.74) is 1.18. The van der Waals surface area contributed by atoms with Gasteiger partial charge in [-0.15, -0.1) is 0 Å². The third kappa shape index (κ3) is 2.07. The number of hydrogen-bond acceptors (Lipinski definition) is 0. The molecule has 104 valence electrons. The molecule has 0 nitrogen and oxygen atoms in total. The van der Waals surface area contributed by atoms with Crippen LogP contribution in [0.5, 0.6) is 0 Å². The summed E-state index contributed by atoms with van der Waals surface area (Å²) in [6, 6.07) is 7.50. The Bertz CT molecular complexity index is 462. The van der Waals surface area contributed by atoms with E-state index < -0.39 is 18.4 Å². The van der Waals surface area contributed by atoms with Crippen molar-refractivity contribution in [2.45, 2.75) is 62.2 Å². The Morgan fingerprint density at radius 1 is 0.895 bits per heavy atom. The molecule has 19 heavy (non-hydrogen) atoms. The van der Waals surface area contributed by atoms with E-state index in [2.05, 4.69) is 14.8 Å². The van der Waals surface area contributed by atoms with E-state index >= 15 is 0 Å². The summed E-state index contributed by atoms with van der Waals surface area (Å²) in [6.07, 6.45) is 7.76. The normalized spacial score (nSPS) is 34.5. The predicted molar refractivity (Wildman–Crippen MR) is 81.8 cm³/mol. The third-order valence-electron chi connectivity index (χ3n) is 6.28. The van der Waals surface area contributed by atoms with Crippen LogP contribution in [0.25, 0.3) is 0 Å². The molecule has 0 unspecified atom stereocenters. The number of fused-ring (bicyclic) bond motifs is 3. The van der Waals surface area contributed by atoms with Crippen molar-refractivity contribution in [1.82, 2.24) is 0 Å². The molecule has 3 fully saturated rings. The van der Waals surface area contributed by atoms with Crippen LogP contribution in [-0.2, 0) is 5.41 Å². The van der Waals surface area contributed by atoms with E-state index in [9.17, 15) is 4.39 Å². The van der Waals surface area contributed by atoms with Gasteiger partial charge in [-0.25, -0.2) is 0 Å². The second kappa shape index (κ2) is 4.47. The van der Waals surface area contributed by atoms with Crippen molar-refractivity contribution < 1.29 is 4.39 Å². The fourth-order valence-corrected chi connectivity index (χ4v) is 12.1. The Hall–Kier alpha value is -0.0513. The number of halogens is 1. The van der Waals surface area contributed by atoms with Gasteiger partial charge in [-0.05, 0) is 0 Å². The molecule has 4 rings (SSSR count). The summed E-state index contributed by atoms with van der Waals surface area (Å²) in [6.45, 7) is 0. The van der Waals surface area contributed by atoms with Gasteiger partial charge >= 0.3 is 121 Å². The van der Waals surface area contributed by atoms with Crippen LogP contribution in [0.15, 0.2) is 24.3 Å². The molecular formula is C17H25FSn. The molecule has 0 saturated heterocycles. The van der Waals surface area contributed by atoms with Gasteiger partial charge < -0.3 is 0 Å². The van der Waals surface area contributed by atoms with Crippen molar-refractivity contribution >= 4 is 18.4 Å². The Labute approximate surface area is 120 Å². The van der Waals surface area contributed by atoms with Crippen LogP contribution in [0.2, 0.25) is 18.2 Å². The molecule has 0 aromatic heterocycles. The fourth-order valence-electron chi connectivity index (χ4n) is 4.61. The van der Waals surface area contributed by atoms with Crippen LogP contribution in [-0.4, -0.2) is 18.4 Å². The number of hydrogen-bond donors (Lipinski definition) is 0. The van der Waals surface area contributed by atoms with Gasteiger partial charge in [0.2, 0.25) is 0 Å². The maximum absolute atomic E-state index is 14.2. The van der Waals surface area contributed by atoms with Gasteiger partial charge in [-0.1, -0.05) is 0 Å². The van der Waals surface area contributed by atoms with Crippen LogP contribution in [0, 0.1) is 5.82 Å². The zero-order valence-corrected chi connectivity index (χ0v) is 15.3. The van der Waals surface area contributed by atoms with Crippen LogP contribution >= 0.6 is 0 Å². The van der Waals surface area contributed by atoms with Crippen molar-refractivity contribution in [2.24, 2.45) is 0 Å². The predicted octanol–water partition coefficient (Wildman–Crippen LogP) is 5.51. The van der Waals surface area contributed by atoms with E-state index in [0.717, 1.165) is 5.56 Å². The summed E-state index contributed by atoms with van der Waals surface area (Å²) in [5, 5.41) is 0. The molecule has 3 aliphatic carbocycles. The molecule has 0 amide bonds. The van der Waals surface area contributed by atoms with E-state index in [1.807, 2.05) is 18.2 Å². The van der Waals surface area contributed by atoms with Crippen molar-refractivity contribution in [2.75, 3.05) is 0 Å². The number of rotatable bonds is 2. The molecule has 0 radical (unpaired) electrons. The molecule has 0 N–H and O–H groups in total. The summed E-state index contributed by atoms with van der Waals surface area (Å²) in [5.74, 6) is 0.0242. The average Bonchev–Trinajstić information content (AvgIpc) is 2.40. The Morgan fingerprint density at radius 2 is 1.42 bits per heavy atom. The maximum atomic E-state index is 14.2. The van der Waals surface area contributed by atoms with E-state index in [1.54, 1.807) is 6.07 Å². The Kier molecular flexibility index (Phi) is 3.28. The standard InChI is InChI=1S/C14H16F.3CH3.Sn/c15-13-4-2-1-3-12(13)14-8-5-11(6-9-14)7-10-14;;;;/h1-4H,5-10H2;3*1H3;. The van der Waals surface area contributed by atoms with E-state index in [-0.39, 0.29) is 11.2 Å². The molecule has 3 aliphatic rings. The summed E-state index contributed by atoms with van der Waals surface area (Å²) in [7, 11) is 0. The average molecular weight is 367 g/mol. The van der Waals surface area contributed by atoms with Gasteiger partial charge in [-0.3, -0.25) is 0 Å². The first kappa shape index (κ1) is 13.9. The molecule has 0 spiro atoms. The summed E-state index contributed by atoms with van der Waals surface area (Å²) >= 11 is -1.87. The summed E-state index contributed by atoms with van der Waals surface area (Å²) < 4.78 is 14.9. The van der Waals surface area contributed by atoms with Crippen molar-refractivity contribution in [3.8, 4) is 0 Å². The van der Waals surface area contributed by atoms with E-state index in [4.69, 9.17) is 0 Å². The second-order valence-corrected chi connectivity index (χ2v) is 23.7. The molecule has 0 aliphatic heterocycles. The first-order valence-electron chi connectivity index (χ1n) is 7.64. The number of benzene rings is 1. The molecule has 0 heterocycles. The molecule has 2 heteroatoms. The first-order valence-corrected chi connectivity index (χ1v) is 17.6. The first-order chi connectivity index (χ1) is 8.89. The van der Waals surface area contributed by atoms with Gasteiger partial charge in [0, 0.05) is 0 Å². The minimum atomic E-state index is -1.87. The quantitative estimate of drug-likeness (QED) is 0.605. The third-order valence-corrected chi connectivity index (χ3v) is 17.5. The van der Waals surface area contributed by atoms with Crippen LogP contribution < -0.4 is 0 Å². The molecule has 1 aromatic carbocycles. The van der Waals surface area contributed by atoms with Gasteiger partial charge in [0.15, 0.2) is 0 Å². The van der Waals surface area contributed by atoms with Crippen LogP contribution in [0.1, 0.15) is 44.1 Å².